The molecule has 0 aliphatic heterocycles. The summed E-state index contributed by atoms with van der Waals surface area (Å²) >= 11 is 0. The molecular formula is C10H24N2O4S. The number of sulfonamides is 1. The third kappa shape index (κ3) is 12.0. The Hall–Kier alpha value is -0.210. The molecule has 0 fully saturated rings. The molecule has 0 rings (SSSR count). The summed E-state index contributed by atoms with van der Waals surface area (Å²) in [5, 5.41) is 2.91. The highest BCUT2D eigenvalue weighted by Crippen LogP contribution is 1.90. The molecule has 7 heteroatoms. The molecule has 0 aromatic carbocycles. The average Bonchev–Trinajstić information content (AvgIpc) is 2.28. The SMILES string of the molecule is CNCCCS(=O)(=O)NCCCOCCOC. The predicted octanol–water partition coefficient (Wildman–Crippen LogP) is -0.432. The molecule has 0 unspecified atom stereocenters. The average molecular weight is 268 g/mol. The van der Waals surface area contributed by atoms with Crippen LogP contribution in [0.5, 0.6) is 0 Å². The van der Waals surface area contributed by atoms with Gasteiger partial charge in [0.1, 0.15) is 0 Å². The van der Waals surface area contributed by atoms with Gasteiger partial charge in [0.05, 0.1) is 19.0 Å². The van der Waals surface area contributed by atoms with Crippen LogP contribution in [0.25, 0.3) is 0 Å². The van der Waals surface area contributed by atoms with E-state index in [1.807, 2.05) is 0 Å². The van der Waals surface area contributed by atoms with Crippen molar-refractivity contribution < 1.29 is 17.9 Å². The monoisotopic (exact) mass is 268 g/mol. The van der Waals surface area contributed by atoms with Crippen LogP contribution in [0.3, 0.4) is 0 Å². The zero-order valence-corrected chi connectivity index (χ0v) is 11.5. The lowest BCUT2D eigenvalue weighted by atomic mass is 10.5. The smallest absolute Gasteiger partial charge is 0.211 e. The molecule has 0 amide bonds. The van der Waals surface area contributed by atoms with Gasteiger partial charge in [-0.3, -0.25) is 0 Å². The number of ether oxygens (including phenoxy) is 2. The van der Waals surface area contributed by atoms with E-state index >= 15 is 0 Å². The number of methoxy groups -OCH3 is 1. The molecule has 0 aromatic rings. The Morgan fingerprint density at radius 2 is 1.82 bits per heavy atom. The minimum Gasteiger partial charge on any atom is -0.382 e. The van der Waals surface area contributed by atoms with Crippen LogP contribution in [-0.4, -0.2) is 61.2 Å². The zero-order chi connectivity index (χ0) is 13.0. The second-order valence-electron chi connectivity index (χ2n) is 3.63. The molecule has 0 atom stereocenters. The van der Waals surface area contributed by atoms with Crippen LogP contribution >= 0.6 is 0 Å². The van der Waals surface area contributed by atoms with Crippen LogP contribution < -0.4 is 10.0 Å². The van der Waals surface area contributed by atoms with Crippen LogP contribution in [0.1, 0.15) is 12.8 Å². The highest BCUT2D eigenvalue weighted by molar-refractivity contribution is 7.89. The first-order valence-corrected chi connectivity index (χ1v) is 7.46. The molecule has 2 N–H and O–H groups in total. The van der Waals surface area contributed by atoms with Crippen molar-refractivity contribution in [2.75, 3.05) is 52.8 Å². The van der Waals surface area contributed by atoms with E-state index in [0.29, 0.717) is 45.8 Å². The second-order valence-corrected chi connectivity index (χ2v) is 5.56. The summed E-state index contributed by atoms with van der Waals surface area (Å²) in [5.41, 5.74) is 0. The molecule has 0 radical (unpaired) electrons. The molecule has 0 aliphatic carbocycles. The van der Waals surface area contributed by atoms with Gasteiger partial charge >= 0.3 is 0 Å². The van der Waals surface area contributed by atoms with Crippen molar-refractivity contribution in [2.45, 2.75) is 12.8 Å². The standard InChI is InChI=1S/C10H24N2O4S/c1-11-5-4-10-17(13,14)12-6-3-7-16-9-8-15-2/h11-12H,3-10H2,1-2H3. The molecule has 0 saturated heterocycles. The van der Waals surface area contributed by atoms with Gasteiger partial charge in [-0.25, -0.2) is 13.1 Å². The number of rotatable bonds is 12. The van der Waals surface area contributed by atoms with E-state index < -0.39 is 10.0 Å². The Labute approximate surface area is 104 Å². The van der Waals surface area contributed by atoms with Gasteiger partial charge in [0.25, 0.3) is 0 Å². The van der Waals surface area contributed by atoms with Crippen molar-refractivity contribution in [3.05, 3.63) is 0 Å². The molecule has 0 aromatic heterocycles. The Kier molecular flexibility index (Phi) is 10.8. The lowest BCUT2D eigenvalue weighted by Crippen LogP contribution is -2.29. The van der Waals surface area contributed by atoms with Gasteiger partial charge in [0, 0.05) is 20.3 Å². The van der Waals surface area contributed by atoms with Crippen molar-refractivity contribution in [3.63, 3.8) is 0 Å². The fraction of sp³-hybridized carbons (Fsp3) is 1.00. The van der Waals surface area contributed by atoms with Gasteiger partial charge in [-0.05, 0) is 26.4 Å². The van der Waals surface area contributed by atoms with Crippen molar-refractivity contribution in [2.24, 2.45) is 0 Å². The van der Waals surface area contributed by atoms with Gasteiger partial charge in [-0.2, -0.15) is 0 Å². The summed E-state index contributed by atoms with van der Waals surface area (Å²) in [6.07, 6.45) is 1.30. The fourth-order valence-corrected chi connectivity index (χ4v) is 2.28. The first-order chi connectivity index (χ1) is 8.12. The maximum absolute atomic E-state index is 11.4. The van der Waals surface area contributed by atoms with E-state index in [9.17, 15) is 8.42 Å². The van der Waals surface area contributed by atoms with Crippen molar-refractivity contribution in [3.8, 4) is 0 Å². The summed E-state index contributed by atoms with van der Waals surface area (Å²) in [5.74, 6) is 0.165. The van der Waals surface area contributed by atoms with Crippen LogP contribution in [0.4, 0.5) is 0 Å². The van der Waals surface area contributed by atoms with E-state index in [1.54, 1.807) is 14.2 Å². The van der Waals surface area contributed by atoms with Crippen LogP contribution in [0.15, 0.2) is 0 Å². The maximum Gasteiger partial charge on any atom is 0.211 e. The van der Waals surface area contributed by atoms with Gasteiger partial charge in [-0.1, -0.05) is 0 Å². The van der Waals surface area contributed by atoms with Gasteiger partial charge in [0.2, 0.25) is 10.0 Å². The third-order valence-electron chi connectivity index (χ3n) is 2.06. The molecule has 0 spiro atoms. The molecule has 0 heterocycles. The topological polar surface area (TPSA) is 76.7 Å². The fourth-order valence-electron chi connectivity index (χ4n) is 1.16. The molecule has 17 heavy (non-hydrogen) atoms. The molecule has 104 valence electrons. The first kappa shape index (κ1) is 16.8. The Balaban J connectivity index is 3.39. The van der Waals surface area contributed by atoms with Crippen LogP contribution in [0, 0.1) is 0 Å². The van der Waals surface area contributed by atoms with Gasteiger partial charge in [-0.15, -0.1) is 0 Å². The normalized spacial score (nSPS) is 11.9. The van der Waals surface area contributed by atoms with E-state index in [4.69, 9.17) is 9.47 Å². The highest BCUT2D eigenvalue weighted by atomic mass is 32.2. The minimum atomic E-state index is -3.12. The Bertz CT molecular complexity index is 257. The van der Waals surface area contributed by atoms with Crippen molar-refractivity contribution >= 4 is 10.0 Å². The molecule has 0 bridgehead atoms. The van der Waals surface area contributed by atoms with Crippen molar-refractivity contribution in [1.82, 2.24) is 10.0 Å². The van der Waals surface area contributed by atoms with E-state index in [1.165, 1.54) is 0 Å². The summed E-state index contributed by atoms with van der Waals surface area (Å²) in [4.78, 5) is 0. The molecule has 6 nitrogen and oxygen atoms in total. The predicted molar refractivity (Wildman–Crippen MR) is 67.6 cm³/mol. The Morgan fingerprint density at radius 3 is 2.47 bits per heavy atom. The first-order valence-electron chi connectivity index (χ1n) is 5.81. The quantitative estimate of drug-likeness (QED) is 0.470. The van der Waals surface area contributed by atoms with Crippen molar-refractivity contribution in [1.29, 1.82) is 0 Å². The van der Waals surface area contributed by atoms with Crippen LogP contribution in [0.2, 0.25) is 0 Å². The van der Waals surface area contributed by atoms with E-state index in [0.717, 1.165) is 0 Å². The zero-order valence-electron chi connectivity index (χ0n) is 10.7. The molecule has 0 aliphatic rings. The van der Waals surface area contributed by atoms with Gasteiger partial charge in [0.15, 0.2) is 0 Å². The second kappa shape index (κ2) is 10.9. The highest BCUT2D eigenvalue weighted by Gasteiger charge is 2.07. The largest absolute Gasteiger partial charge is 0.382 e. The third-order valence-corrected chi connectivity index (χ3v) is 3.53. The number of hydrogen-bond acceptors (Lipinski definition) is 5. The summed E-state index contributed by atoms with van der Waals surface area (Å²) in [7, 11) is 0.295. The summed E-state index contributed by atoms with van der Waals surface area (Å²) in [6, 6.07) is 0. The summed E-state index contributed by atoms with van der Waals surface area (Å²) in [6.45, 7) is 2.79. The number of nitrogens with one attached hydrogen (secondary N) is 2. The molecular weight excluding hydrogens is 244 g/mol. The summed E-state index contributed by atoms with van der Waals surface area (Å²) < 4.78 is 35.5. The minimum absolute atomic E-state index is 0.165. The van der Waals surface area contributed by atoms with Gasteiger partial charge < -0.3 is 14.8 Å². The number of hydrogen-bond donors (Lipinski definition) is 2. The lowest BCUT2D eigenvalue weighted by molar-refractivity contribution is 0.0699. The Morgan fingerprint density at radius 1 is 1.06 bits per heavy atom. The molecule has 0 saturated carbocycles. The van der Waals surface area contributed by atoms with E-state index in [-0.39, 0.29) is 5.75 Å². The lowest BCUT2D eigenvalue weighted by Gasteiger charge is -2.07. The van der Waals surface area contributed by atoms with E-state index in [2.05, 4.69) is 10.0 Å². The maximum atomic E-state index is 11.4. The van der Waals surface area contributed by atoms with Crippen LogP contribution in [-0.2, 0) is 19.5 Å².